The molecule has 2 atom stereocenters. The van der Waals surface area contributed by atoms with Crippen molar-refractivity contribution in [2.45, 2.75) is 31.4 Å². The number of nitrogens with one attached hydrogen (secondary N) is 1. The Balaban J connectivity index is 1.65. The van der Waals surface area contributed by atoms with Gasteiger partial charge in [0.05, 0.1) is 25.6 Å². The van der Waals surface area contributed by atoms with E-state index in [0.29, 0.717) is 35.1 Å². The molecule has 3 aromatic rings. The second kappa shape index (κ2) is 6.00. The first-order valence-electron chi connectivity index (χ1n) is 7.76. The van der Waals surface area contributed by atoms with Crippen LogP contribution in [0.4, 0.5) is 5.95 Å². The van der Waals surface area contributed by atoms with E-state index in [1.165, 1.54) is 0 Å². The van der Waals surface area contributed by atoms with Crippen molar-refractivity contribution < 1.29 is 9.84 Å². The van der Waals surface area contributed by atoms with Crippen LogP contribution in [0.15, 0.2) is 24.5 Å². The summed E-state index contributed by atoms with van der Waals surface area (Å²) in [7, 11) is 1.59. The van der Waals surface area contributed by atoms with Crippen molar-refractivity contribution in [1.29, 1.82) is 0 Å². The van der Waals surface area contributed by atoms with Gasteiger partial charge < -0.3 is 15.2 Å². The van der Waals surface area contributed by atoms with Gasteiger partial charge in [0.15, 0.2) is 17.0 Å². The Bertz CT molecular complexity index is 849. The van der Waals surface area contributed by atoms with E-state index in [9.17, 15) is 5.11 Å². The molecule has 2 N–H and O–H groups in total. The molecule has 9 heteroatoms. The van der Waals surface area contributed by atoms with Gasteiger partial charge in [-0.25, -0.2) is 9.97 Å². The summed E-state index contributed by atoms with van der Waals surface area (Å²) in [6.07, 6.45) is 5.40. The highest BCUT2D eigenvalue weighted by atomic mass is 16.5. The molecule has 4 rings (SSSR count). The fraction of sp³-hybridized carbons (Fsp3) is 0.400. The van der Waals surface area contributed by atoms with Crippen LogP contribution in [0.1, 0.15) is 19.3 Å². The fourth-order valence-corrected chi connectivity index (χ4v) is 2.84. The average Bonchev–Trinajstić information content (AvgIpc) is 3.21. The molecule has 9 nitrogen and oxygen atoms in total. The van der Waals surface area contributed by atoms with Gasteiger partial charge in [-0.2, -0.15) is 9.67 Å². The number of nitrogens with zero attached hydrogens (tertiary/aromatic N) is 6. The Labute approximate surface area is 137 Å². The standard InChI is InChI=1S/C15H17N7O2/c1-24-11-4-5-13(16-7-11)22-14-12(20-21-22)8-17-15(19-14)18-9-2-3-10(23)6-9/h4-5,7-10,23H,2-3,6H2,1H3,(H,17,18,19)/t9-,10-/m0/s1. The molecule has 0 aliphatic heterocycles. The SMILES string of the molecule is COc1ccc(-n2nnc3cnc(N[C@H]4CC[C@H](O)C4)nc32)nc1. The highest BCUT2D eigenvalue weighted by Crippen LogP contribution is 2.22. The van der Waals surface area contributed by atoms with Crippen molar-refractivity contribution in [3.05, 3.63) is 24.5 Å². The summed E-state index contributed by atoms with van der Waals surface area (Å²) in [6, 6.07) is 3.77. The van der Waals surface area contributed by atoms with Gasteiger partial charge in [0.1, 0.15) is 5.75 Å². The van der Waals surface area contributed by atoms with E-state index in [1.54, 1.807) is 36.3 Å². The maximum Gasteiger partial charge on any atom is 0.225 e. The lowest BCUT2D eigenvalue weighted by atomic mass is 10.2. The molecule has 3 aromatic heterocycles. The lowest BCUT2D eigenvalue weighted by Crippen LogP contribution is -2.18. The Kier molecular flexibility index (Phi) is 3.69. The summed E-state index contributed by atoms with van der Waals surface area (Å²) >= 11 is 0. The molecule has 0 aromatic carbocycles. The van der Waals surface area contributed by atoms with Crippen LogP contribution in [0, 0.1) is 0 Å². The largest absolute Gasteiger partial charge is 0.495 e. The van der Waals surface area contributed by atoms with Crippen LogP contribution in [-0.4, -0.2) is 54.3 Å². The van der Waals surface area contributed by atoms with Crippen LogP contribution >= 0.6 is 0 Å². The summed E-state index contributed by atoms with van der Waals surface area (Å²) in [5.41, 5.74) is 1.16. The van der Waals surface area contributed by atoms with Gasteiger partial charge in [-0.1, -0.05) is 5.21 Å². The second-order valence-corrected chi connectivity index (χ2v) is 5.77. The van der Waals surface area contributed by atoms with E-state index in [0.717, 1.165) is 12.8 Å². The molecule has 0 unspecified atom stereocenters. The van der Waals surface area contributed by atoms with Crippen LogP contribution in [0.2, 0.25) is 0 Å². The van der Waals surface area contributed by atoms with E-state index in [2.05, 4.69) is 30.6 Å². The smallest absolute Gasteiger partial charge is 0.225 e. The molecule has 0 bridgehead atoms. The minimum Gasteiger partial charge on any atom is -0.495 e. The van der Waals surface area contributed by atoms with Crippen molar-refractivity contribution in [2.75, 3.05) is 12.4 Å². The maximum atomic E-state index is 9.63. The number of fused-ring (bicyclic) bond motifs is 1. The number of anilines is 1. The second-order valence-electron chi connectivity index (χ2n) is 5.77. The lowest BCUT2D eigenvalue weighted by molar-refractivity contribution is 0.182. The molecule has 1 fully saturated rings. The van der Waals surface area contributed by atoms with E-state index < -0.39 is 0 Å². The highest BCUT2D eigenvalue weighted by molar-refractivity contribution is 5.71. The number of pyridine rings is 1. The van der Waals surface area contributed by atoms with Gasteiger partial charge in [-0.3, -0.25) is 0 Å². The van der Waals surface area contributed by atoms with Crippen LogP contribution in [0.5, 0.6) is 5.75 Å². The first-order valence-corrected chi connectivity index (χ1v) is 7.76. The average molecular weight is 327 g/mol. The van der Waals surface area contributed by atoms with Gasteiger partial charge in [-0.15, -0.1) is 5.10 Å². The summed E-state index contributed by atoms with van der Waals surface area (Å²) in [5.74, 6) is 1.76. The summed E-state index contributed by atoms with van der Waals surface area (Å²) < 4.78 is 6.67. The zero-order valence-corrected chi connectivity index (χ0v) is 13.1. The molecular formula is C15H17N7O2. The van der Waals surface area contributed by atoms with E-state index >= 15 is 0 Å². The minimum atomic E-state index is -0.248. The third kappa shape index (κ3) is 2.73. The van der Waals surface area contributed by atoms with Crippen LogP contribution in [-0.2, 0) is 0 Å². The Hall–Kier alpha value is -2.81. The number of rotatable bonds is 4. The predicted molar refractivity (Wildman–Crippen MR) is 86.1 cm³/mol. The van der Waals surface area contributed by atoms with Crippen molar-refractivity contribution >= 4 is 17.1 Å². The summed E-state index contributed by atoms with van der Waals surface area (Å²) in [5, 5.41) is 21.1. The molecule has 0 amide bonds. The zero-order chi connectivity index (χ0) is 16.5. The summed E-state index contributed by atoms with van der Waals surface area (Å²) in [6.45, 7) is 0. The molecular weight excluding hydrogens is 310 g/mol. The lowest BCUT2D eigenvalue weighted by Gasteiger charge is -2.11. The molecule has 1 aliphatic rings. The van der Waals surface area contributed by atoms with Crippen LogP contribution in [0.25, 0.3) is 17.0 Å². The molecule has 24 heavy (non-hydrogen) atoms. The first-order chi connectivity index (χ1) is 11.7. The topological polar surface area (TPSA) is 111 Å². The molecule has 124 valence electrons. The molecule has 0 saturated heterocycles. The van der Waals surface area contributed by atoms with Gasteiger partial charge in [0.2, 0.25) is 5.95 Å². The van der Waals surface area contributed by atoms with E-state index in [-0.39, 0.29) is 12.1 Å². The van der Waals surface area contributed by atoms with Gasteiger partial charge in [0.25, 0.3) is 0 Å². The number of aromatic nitrogens is 6. The van der Waals surface area contributed by atoms with E-state index in [4.69, 9.17) is 4.74 Å². The number of ether oxygens (including phenoxy) is 1. The minimum absolute atomic E-state index is 0.181. The molecule has 3 heterocycles. The monoisotopic (exact) mass is 327 g/mol. The van der Waals surface area contributed by atoms with Crippen molar-refractivity contribution in [3.8, 4) is 11.6 Å². The Morgan fingerprint density at radius 2 is 2.17 bits per heavy atom. The van der Waals surface area contributed by atoms with Gasteiger partial charge in [0, 0.05) is 6.04 Å². The van der Waals surface area contributed by atoms with Crippen molar-refractivity contribution in [3.63, 3.8) is 0 Å². The Morgan fingerprint density at radius 1 is 1.25 bits per heavy atom. The number of hydrogen-bond acceptors (Lipinski definition) is 8. The molecule has 0 radical (unpaired) electrons. The number of methoxy groups -OCH3 is 1. The maximum absolute atomic E-state index is 9.63. The predicted octanol–water partition coefficient (Wildman–Crippen LogP) is 0.939. The van der Waals surface area contributed by atoms with Crippen molar-refractivity contribution in [2.24, 2.45) is 0 Å². The van der Waals surface area contributed by atoms with Crippen LogP contribution in [0.3, 0.4) is 0 Å². The zero-order valence-electron chi connectivity index (χ0n) is 13.1. The van der Waals surface area contributed by atoms with E-state index in [1.807, 2.05) is 0 Å². The number of aliphatic hydroxyl groups is 1. The van der Waals surface area contributed by atoms with Gasteiger partial charge >= 0.3 is 0 Å². The quantitative estimate of drug-likeness (QED) is 0.728. The molecule has 1 aliphatic carbocycles. The summed E-state index contributed by atoms with van der Waals surface area (Å²) in [4.78, 5) is 13.1. The van der Waals surface area contributed by atoms with Crippen LogP contribution < -0.4 is 10.1 Å². The van der Waals surface area contributed by atoms with Crippen molar-refractivity contribution in [1.82, 2.24) is 29.9 Å². The molecule has 1 saturated carbocycles. The normalized spacial score (nSPS) is 20.4. The van der Waals surface area contributed by atoms with Gasteiger partial charge in [-0.05, 0) is 31.4 Å². The fourth-order valence-electron chi connectivity index (χ4n) is 2.84. The highest BCUT2D eigenvalue weighted by Gasteiger charge is 2.23. The third-order valence-corrected chi connectivity index (χ3v) is 4.10. The number of aliphatic hydroxyl groups excluding tert-OH is 1. The third-order valence-electron chi connectivity index (χ3n) is 4.10. The Morgan fingerprint density at radius 3 is 2.88 bits per heavy atom. The number of hydrogen-bond donors (Lipinski definition) is 2. The first kappa shape index (κ1) is 14.8. The molecule has 0 spiro atoms.